The van der Waals surface area contributed by atoms with E-state index >= 15 is 0 Å². The number of benzene rings is 1. The summed E-state index contributed by atoms with van der Waals surface area (Å²) in [5.74, 6) is 0.153. The van der Waals surface area contributed by atoms with Crippen LogP contribution in [0.4, 0.5) is 0 Å². The maximum atomic E-state index is 13.2. The van der Waals surface area contributed by atoms with Crippen LogP contribution < -0.4 is 5.32 Å². The molecule has 0 saturated carbocycles. The summed E-state index contributed by atoms with van der Waals surface area (Å²) in [6.07, 6.45) is 0. The minimum absolute atomic E-state index is 0.0944. The lowest BCUT2D eigenvalue weighted by Gasteiger charge is -2.14. The molecule has 0 fully saturated rings. The predicted molar refractivity (Wildman–Crippen MR) is 126 cm³/mol. The average Bonchev–Trinajstić information content (AvgIpc) is 3.23. The largest absolute Gasteiger partial charge is 0.352 e. The highest BCUT2D eigenvalue weighted by Crippen LogP contribution is 2.23. The first-order valence-corrected chi connectivity index (χ1v) is 11.0. The number of amides is 1. The molecule has 4 aromatic rings. The SMILES string of the molecule is Cc1cc(C(=O)NC[C@@H](C)Cn2nc(C)cc2C)c2c(C)nn(Cc3ccccc3)c2n1. The first kappa shape index (κ1) is 21.7. The van der Waals surface area contributed by atoms with Crippen LogP contribution in [-0.2, 0) is 13.1 Å². The lowest BCUT2D eigenvalue weighted by Crippen LogP contribution is -2.30. The van der Waals surface area contributed by atoms with E-state index in [-0.39, 0.29) is 11.8 Å². The van der Waals surface area contributed by atoms with Crippen LogP contribution in [0.1, 0.15) is 45.6 Å². The van der Waals surface area contributed by atoms with Gasteiger partial charge < -0.3 is 5.32 Å². The van der Waals surface area contributed by atoms with Crippen LogP contribution in [-0.4, -0.2) is 37.0 Å². The van der Waals surface area contributed by atoms with Crippen molar-refractivity contribution in [1.29, 1.82) is 0 Å². The van der Waals surface area contributed by atoms with E-state index in [0.717, 1.165) is 45.9 Å². The Morgan fingerprint density at radius 1 is 1.00 bits per heavy atom. The third kappa shape index (κ3) is 4.56. The number of aryl methyl sites for hydroxylation is 4. The third-order valence-electron chi connectivity index (χ3n) is 5.62. The second kappa shape index (κ2) is 8.94. The molecule has 3 heterocycles. The molecule has 0 radical (unpaired) electrons. The molecule has 32 heavy (non-hydrogen) atoms. The molecule has 4 rings (SSSR count). The van der Waals surface area contributed by atoms with E-state index in [0.29, 0.717) is 18.7 Å². The summed E-state index contributed by atoms with van der Waals surface area (Å²) in [6, 6.07) is 14.1. The van der Waals surface area contributed by atoms with Gasteiger partial charge in [-0.1, -0.05) is 37.3 Å². The van der Waals surface area contributed by atoms with E-state index in [9.17, 15) is 4.79 Å². The van der Waals surface area contributed by atoms with E-state index < -0.39 is 0 Å². The maximum Gasteiger partial charge on any atom is 0.252 e. The summed E-state index contributed by atoms with van der Waals surface area (Å²) in [5, 5.41) is 13.1. The van der Waals surface area contributed by atoms with Crippen molar-refractivity contribution in [1.82, 2.24) is 29.9 Å². The molecular weight excluding hydrogens is 400 g/mol. The van der Waals surface area contributed by atoms with Gasteiger partial charge in [0, 0.05) is 24.5 Å². The minimum atomic E-state index is -0.0944. The van der Waals surface area contributed by atoms with Gasteiger partial charge >= 0.3 is 0 Å². The number of pyridine rings is 1. The molecule has 0 saturated heterocycles. The second-order valence-corrected chi connectivity index (χ2v) is 8.66. The summed E-state index contributed by atoms with van der Waals surface area (Å²) >= 11 is 0. The molecule has 166 valence electrons. The van der Waals surface area contributed by atoms with Gasteiger partial charge in [0.1, 0.15) is 0 Å². The topological polar surface area (TPSA) is 77.6 Å². The normalized spacial score (nSPS) is 12.3. The smallest absolute Gasteiger partial charge is 0.252 e. The number of nitrogens with zero attached hydrogens (tertiary/aromatic N) is 5. The quantitative estimate of drug-likeness (QED) is 0.481. The van der Waals surface area contributed by atoms with Crippen molar-refractivity contribution < 1.29 is 4.79 Å². The number of carbonyl (C=O) groups is 1. The molecule has 0 unspecified atom stereocenters. The highest BCUT2D eigenvalue weighted by Gasteiger charge is 2.19. The zero-order valence-corrected chi connectivity index (χ0v) is 19.4. The highest BCUT2D eigenvalue weighted by atomic mass is 16.1. The number of carbonyl (C=O) groups excluding carboxylic acids is 1. The fourth-order valence-corrected chi connectivity index (χ4v) is 4.11. The summed E-state index contributed by atoms with van der Waals surface area (Å²) in [5.41, 5.74) is 6.26. The zero-order valence-electron chi connectivity index (χ0n) is 19.4. The molecule has 1 aromatic carbocycles. The Hall–Kier alpha value is -3.48. The molecule has 7 nitrogen and oxygen atoms in total. The van der Waals surface area contributed by atoms with Gasteiger partial charge in [0.15, 0.2) is 5.65 Å². The van der Waals surface area contributed by atoms with E-state index in [1.807, 2.05) is 54.4 Å². The van der Waals surface area contributed by atoms with Crippen LogP contribution in [0.15, 0.2) is 42.5 Å². The lowest BCUT2D eigenvalue weighted by molar-refractivity contribution is 0.0948. The Balaban J connectivity index is 1.54. The Bertz CT molecular complexity index is 1250. The number of hydrogen-bond donors (Lipinski definition) is 1. The molecule has 1 amide bonds. The van der Waals surface area contributed by atoms with Crippen molar-refractivity contribution in [2.45, 2.75) is 47.7 Å². The summed E-state index contributed by atoms with van der Waals surface area (Å²) in [4.78, 5) is 17.9. The zero-order chi connectivity index (χ0) is 22.8. The van der Waals surface area contributed by atoms with Crippen LogP contribution in [0, 0.1) is 33.6 Å². The van der Waals surface area contributed by atoms with Crippen molar-refractivity contribution in [3.8, 4) is 0 Å². The van der Waals surface area contributed by atoms with Gasteiger partial charge in [-0.15, -0.1) is 0 Å². The second-order valence-electron chi connectivity index (χ2n) is 8.66. The third-order valence-corrected chi connectivity index (χ3v) is 5.62. The van der Waals surface area contributed by atoms with Crippen molar-refractivity contribution in [3.63, 3.8) is 0 Å². The molecule has 0 bridgehead atoms. The monoisotopic (exact) mass is 430 g/mol. The van der Waals surface area contributed by atoms with Gasteiger partial charge in [0.2, 0.25) is 0 Å². The molecule has 0 aliphatic heterocycles. The summed E-state index contributed by atoms with van der Waals surface area (Å²) in [6.45, 7) is 12.0. The van der Waals surface area contributed by atoms with Gasteiger partial charge in [-0.05, 0) is 51.3 Å². The Labute approximate surface area is 188 Å². The Morgan fingerprint density at radius 3 is 2.44 bits per heavy atom. The molecule has 0 aliphatic rings. The number of rotatable bonds is 7. The highest BCUT2D eigenvalue weighted by molar-refractivity contribution is 6.06. The lowest BCUT2D eigenvalue weighted by atomic mass is 10.1. The number of aromatic nitrogens is 5. The molecule has 0 spiro atoms. The van der Waals surface area contributed by atoms with Crippen molar-refractivity contribution in [3.05, 3.63) is 76.4 Å². The first-order valence-electron chi connectivity index (χ1n) is 11.0. The number of nitrogens with one attached hydrogen (secondary N) is 1. The van der Waals surface area contributed by atoms with Gasteiger partial charge in [0.05, 0.1) is 28.9 Å². The number of fused-ring (bicyclic) bond motifs is 1. The fraction of sp³-hybridized carbons (Fsp3) is 0.360. The minimum Gasteiger partial charge on any atom is -0.352 e. The van der Waals surface area contributed by atoms with Gasteiger partial charge in [-0.25, -0.2) is 9.67 Å². The molecule has 3 aromatic heterocycles. The van der Waals surface area contributed by atoms with Crippen LogP contribution >= 0.6 is 0 Å². The van der Waals surface area contributed by atoms with E-state index in [1.54, 1.807) is 0 Å². The predicted octanol–water partition coefficient (Wildman–Crippen LogP) is 3.98. The first-order chi connectivity index (χ1) is 15.3. The van der Waals surface area contributed by atoms with Gasteiger partial charge in [-0.3, -0.25) is 9.48 Å². The van der Waals surface area contributed by atoms with Gasteiger partial charge in [0.25, 0.3) is 5.91 Å². The van der Waals surface area contributed by atoms with E-state index in [4.69, 9.17) is 10.1 Å². The van der Waals surface area contributed by atoms with Crippen LogP contribution in [0.25, 0.3) is 11.0 Å². The molecule has 1 atom stereocenters. The molecule has 1 N–H and O–H groups in total. The van der Waals surface area contributed by atoms with Crippen LogP contribution in [0.3, 0.4) is 0 Å². The van der Waals surface area contributed by atoms with Crippen LogP contribution in [0.5, 0.6) is 0 Å². The summed E-state index contributed by atoms with van der Waals surface area (Å²) in [7, 11) is 0. The van der Waals surface area contributed by atoms with Crippen molar-refractivity contribution >= 4 is 16.9 Å². The van der Waals surface area contributed by atoms with Gasteiger partial charge in [-0.2, -0.15) is 10.2 Å². The maximum absolute atomic E-state index is 13.2. The van der Waals surface area contributed by atoms with Crippen LogP contribution in [0.2, 0.25) is 0 Å². The Morgan fingerprint density at radius 2 is 1.75 bits per heavy atom. The average molecular weight is 431 g/mol. The molecular formula is C25H30N6O. The standard InChI is InChI=1S/C25H30N6O/c1-16(14-30-19(4)11-18(3)28-30)13-26-25(32)22-12-17(2)27-24-23(22)20(5)29-31(24)15-21-9-7-6-8-10-21/h6-12,16H,13-15H2,1-5H3,(H,26,32)/t16-/m1/s1. The molecule has 7 heteroatoms. The van der Waals surface area contributed by atoms with Crippen molar-refractivity contribution in [2.24, 2.45) is 5.92 Å². The Kier molecular flexibility index (Phi) is 6.08. The molecule has 0 aliphatic carbocycles. The van der Waals surface area contributed by atoms with E-state index in [2.05, 4.69) is 42.5 Å². The summed E-state index contributed by atoms with van der Waals surface area (Å²) < 4.78 is 3.88. The number of hydrogen-bond acceptors (Lipinski definition) is 4. The van der Waals surface area contributed by atoms with E-state index in [1.165, 1.54) is 0 Å². The van der Waals surface area contributed by atoms with Crippen molar-refractivity contribution in [2.75, 3.05) is 6.54 Å². The fourth-order valence-electron chi connectivity index (χ4n) is 4.11.